The summed E-state index contributed by atoms with van der Waals surface area (Å²) in [5.41, 5.74) is 3.18. The van der Waals surface area contributed by atoms with Crippen molar-refractivity contribution in [2.24, 2.45) is 5.41 Å². The summed E-state index contributed by atoms with van der Waals surface area (Å²) < 4.78 is 0. The number of aromatic carboxylic acids is 1. The Morgan fingerprint density at radius 1 is 1.09 bits per heavy atom. The zero-order chi connectivity index (χ0) is 24.9. The number of rotatable bonds is 11. The molecule has 2 N–H and O–H groups in total. The van der Waals surface area contributed by atoms with Gasteiger partial charge in [0.1, 0.15) is 0 Å². The van der Waals surface area contributed by atoms with Crippen LogP contribution >= 0.6 is 0 Å². The van der Waals surface area contributed by atoms with Gasteiger partial charge in [-0.25, -0.2) is 4.79 Å². The second kappa shape index (κ2) is 13.5. The third-order valence-corrected chi connectivity index (χ3v) is 6.69. The maximum Gasteiger partial charge on any atom is 0.335 e. The largest absolute Gasteiger partial charge is 0.478 e. The van der Waals surface area contributed by atoms with E-state index in [-0.39, 0.29) is 5.41 Å². The lowest BCUT2D eigenvalue weighted by atomic mass is 9.63. The van der Waals surface area contributed by atoms with Crippen molar-refractivity contribution in [3.8, 4) is 11.8 Å². The Labute approximate surface area is 209 Å². The number of benzene rings is 2. The van der Waals surface area contributed by atoms with Gasteiger partial charge in [-0.2, -0.15) is 0 Å². The Balaban J connectivity index is 1.66. The minimum atomic E-state index is -0.918. The van der Waals surface area contributed by atoms with E-state index < -0.39 is 12.1 Å². The number of hydrogen-bond donors (Lipinski definition) is 2. The van der Waals surface area contributed by atoms with Gasteiger partial charge in [0.05, 0.1) is 11.7 Å². The van der Waals surface area contributed by atoms with Crippen LogP contribution in [0.3, 0.4) is 0 Å². The quantitative estimate of drug-likeness (QED) is 0.205. The Morgan fingerprint density at radius 3 is 2.57 bits per heavy atom. The Kier molecular flexibility index (Phi) is 10.1. The predicted molar refractivity (Wildman–Crippen MR) is 144 cm³/mol. The molecule has 182 valence electrons. The van der Waals surface area contributed by atoms with E-state index >= 15 is 0 Å². The van der Waals surface area contributed by atoms with Crippen molar-refractivity contribution >= 4 is 12.0 Å². The SMILES string of the molecule is CCCCCC(/C=C/C=C/C(O)C1(CC#Cc2ccccc2)CCC1)=C\c1cccc(C(=O)O)c1. The van der Waals surface area contributed by atoms with Crippen molar-refractivity contribution in [1.82, 2.24) is 0 Å². The number of aliphatic hydroxyl groups is 1. The number of carbonyl (C=O) groups is 1. The van der Waals surface area contributed by atoms with E-state index in [9.17, 15) is 15.0 Å². The smallest absolute Gasteiger partial charge is 0.335 e. The van der Waals surface area contributed by atoms with E-state index in [1.54, 1.807) is 18.2 Å². The van der Waals surface area contributed by atoms with Crippen LogP contribution in [0.1, 0.15) is 79.8 Å². The average Bonchev–Trinajstić information content (AvgIpc) is 2.84. The Morgan fingerprint density at radius 2 is 1.89 bits per heavy atom. The van der Waals surface area contributed by atoms with Gasteiger partial charge in [0, 0.05) is 17.4 Å². The molecule has 3 nitrogen and oxygen atoms in total. The van der Waals surface area contributed by atoms with Gasteiger partial charge in [-0.3, -0.25) is 0 Å². The van der Waals surface area contributed by atoms with Gasteiger partial charge in [-0.15, -0.1) is 0 Å². The van der Waals surface area contributed by atoms with E-state index in [1.807, 2.05) is 54.6 Å². The molecule has 1 fully saturated rings. The van der Waals surface area contributed by atoms with Gasteiger partial charge in [0.25, 0.3) is 0 Å². The summed E-state index contributed by atoms with van der Waals surface area (Å²) in [5.74, 6) is 5.59. The van der Waals surface area contributed by atoms with E-state index in [0.29, 0.717) is 12.0 Å². The van der Waals surface area contributed by atoms with Crippen LogP contribution in [0.5, 0.6) is 0 Å². The molecule has 0 saturated heterocycles. The highest BCUT2D eigenvalue weighted by Gasteiger charge is 2.41. The van der Waals surface area contributed by atoms with Crippen molar-refractivity contribution in [3.05, 3.63) is 101 Å². The van der Waals surface area contributed by atoms with Crippen LogP contribution in [0.15, 0.2) is 84.5 Å². The molecule has 1 aliphatic rings. The van der Waals surface area contributed by atoms with Crippen molar-refractivity contribution in [2.45, 2.75) is 64.4 Å². The summed E-state index contributed by atoms with van der Waals surface area (Å²) in [5, 5.41) is 20.2. The molecule has 2 aromatic rings. The minimum Gasteiger partial charge on any atom is -0.478 e. The molecular weight excluding hydrogens is 432 g/mol. The Bertz CT molecular complexity index is 1110. The van der Waals surface area contributed by atoms with Crippen molar-refractivity contribution in [3.63, 3.8) is 0 Å². The highest BCUT2D eigenvalue weighted by molar-refractivity contribution is 5.88. The van der Waals surface area contributed by atoms with Gasteiger partial charge in [0.2, 0.25) is 0 Å². The van der Waals surface area contributed by atoms with Crippen LogP contribution < -0.4 is 0 Å². The molecular formula is C32H36O3. The second-order valence-corrected chi connectivity index (χ2v) is 9.36. The molecule has 0 bridgehead atoms. The molecule has 35 heavy (non-hydrogen) atoms. The molecule has 3 heteroatoms. The molecule has 0 aromatic heterocycles. The molecule has 0 amide bonds. The van der Waals surface area contributed by atoms with Crippen LogP contribution in [0, 0.1) is 17.3 Å². The van der Waals surface area contributed by atoms with E-state index in [1.165, 1.54) is 0 Å². The monoisotopic (exact) mass is 468 g/mol. The molecule has 0 aliphatic heterocycles. The lowest BCUT2D eigenvalue weighted by Gasteiger charge is -2.43. The van der Waals surface area contributed by atoms with E-state index in [4.69, 9.17) is 0 Å². The Hall–Kier alpha value is -3.35. The summed E-state index contributed by atoms with van der Waals surface area (Å²) in [6.07, 6.45) is 17.5. The first-order valence-electron chi connectivity index (χ1n) is 12.6. The number of aliphatic hydroxyl groups excluding tert-OH is 1. The highest BCUT2D eigenvalue weighted by atomic mass is 16.4. The first-order valence-corrected chi connectivity index (χ1v) is 12.6. The van der Waals surface area contributed by atoms with Crippen LogP contribution in [0.25, 0.3) is 6.08 Å². The summed E-state index contributed by atoms with van der Waals surface area (Å²) in [6, 6.07) is 17.0. The van der Waals surface area contributed by atoms with Crippen molar-refractivity contribution in [2.75, 3.05) is 0 Å². The molecule has 0 radical (unpaired) electrons. The molecule has 1 saturated carbocycles. The van der Waals surface area contributed by atoms with Crippen LogP contribution in [-0.4, -0.2) is 22.3 Å². The number of unbranched alkanes of at least 4 members (excludes halogenated alkanes) is 2. The summed E-state index contributed by atoms with van der Waals surface area (Å²) in [4.78, 5) is 11.3. The third kappa shape index (κ3) is 8.12. The summed E-state index contributed by atoms with van der Waals surface area (Å²) in [7, 11) is 0. The fraction of sp³-hybridized carbons (Fsp3) is 0.344. The lowest BCUT2D eigenvalue weighted by Crippen LogP contribution is -2.40. The standard InChI is InChI=1S/C32H36O3/c1-2-3-5-15-27(24-28-17-10-19-29(25-28)31(34)35)16-8-9-20-30(33)32(22-12-23-32)21-11-18-26-13-6-4-7-14-26/h4,6-10,13-14,16-17,19-20,24-25,30,33H,2-3,5,12,15,21-23H2,1H3,(H,34,35)/b16-8+,20-9+,27-24+. The molecule has 0 heterocycles. The molecule has 1 unspecified atom stereocenters. The molecule has 3 rings (SSSR count). The van der Waals surface area contributed by atoms with Gasteiger partial charge in [0.15, 0.2) is 0 Å². The van der Waals surface area contributed by atoms with Gasteiger partial charge < -0.3 is 10.2 Å². The highest BCUT2D eigenvalue weighted by Crippen LogP contribution is 2.47. The van der Waals surface area contributed by atoms with Crippen LogP contribution in [0.2, 0.25) is 0 Å². The first-order chi connectivity index (χ1) is 17.0. The van der Waals surface area contributed by atoms with Gasteiger partial charge in [-0.1, -0.05) is 98.7 Å². The second-order valence-electron chi connectivity index (χ2n) is 9.36. The predicted octanol–water partition coefficient (Wildman–Crippen LogP) is 7.43. The van der Waals surface area contributed by atoms with Gasteiger partial charge >= 0.3 is 5.97 Å². The molecule has 1 aliphatic carbocycles. The third-order valence-electron chi connectivity index (χ3n) is 6.69. The van der Waals surface area contributed by atoms with E-state index in [2.05, 4.69) is 30.9 Å². The number of carboxylic acid groups (broad SMARTS) is 1. The molecule has 2 aromatic carbocycles. The van der Waals surface area contributed by atoms with Crippen molar-refractivity contribution in [1.29, 1.82) is 0 Å². The number of carboxylic acids is 1. The topological polar surface area (TPSA) is 57.5 Å². The maximum atomic E-state index is 11.3. The maximum absolute atomic E-state index is 11.3. The van der Waals surface area contributed by atoms with E-state index in [0.717, 1.165) is 61.6 Å². The fourth-order valence-corrected chi connectivity index (χ4v) is 4.36. The number of allylic oxidation sites excluding steroid dienone is 4. The fourth-order valence-electron chi connectivity index (χ4n) is 4.36. The zero-order valence-electron chi connectivity index (χ0n) is 20.6. The zero-order valence-corrected chi connectivity index (χ0v) is 20.6. The molecule has 0 spiro atoms. The van der Waals surface area contributed by atoms with Gasteiger partial charge in [-0.05, 0) is 61.1 Å². The summed E-state index contributed by atoms with van der Waals surface area (Å²) in [6.45, 7) is 2.18. The van der Waals surface area contributed by atoms with Crippen LogP contribution in [0.4, 0.5) is 0 Å². The first kappa shape index (κ1) is 26.3. The normalized spacial score (nSPS) is 16.0. The summed E-state index contributed by atoms with van der Waals surface area (Å²) >= 11 is 0. The van der Waals surface area contributed by atoms with Crippen LogP contribution in [-0.2, 0) is 0 Å². The minimum absolute atomic E-state index is 0.150. The molecule has 1 atom stereocenters. The lowest BCUT2D eigenvalue weighted by molar-refractivity contribution is -0.000790. The average molecular weight is 469 g/mol. The number of hydrogen-bond acceptors (Lipinski definition) is 2. The van der Waals surface area contributed by atoms with Crippen molar-refractivity contribution < 1.29 is 15.0 Å².